The zero-order valence-corrected chi connectivity index (χ0v) is 17.7. The van der Waals surface area contributed by atoms with Gasteiger partial charge in [0.25, 0.3) is 5.91 Å². The van der Waals surface area contributed by atoms with Gasteiger partial charge < -0.3 is 4.90 Å². The highest BCUT2D eigenvalue weighted by atomic mass is 35.5. The number of halogens is 1. The average molecular weight is 415 g/mol. The van der Waals surface area contributed by atoms with E-state index < -0.39 is 10.0 Å². The quantitative estimate of drug-likeness (QED) is 0.687. The van der Waals surface area contributed by atoms with Crippen LogP contribution in [0.4, 0.5) is 0 Å². The zero-order chi connectivity index (χ0) is 19.5. The van der Waals surface area contributed by atoms with E-state index in [1.54, 1.807) is 50.9 Å². The fourth-order valence-corrected chi connectivity index (χ4v) is 5.28. The van der Waals surface area contributed by atoms with Gasteiger partial charge in [0.1, 0.15) is 0 Å². The van der Waals surface area contributed by atoms with Crippen LogP contribution in [0.25, 0.3) is 0 Å². The van der Waals surface area contributed by atoms with Gasteiger partial charge in [-0.1, -0.05) is 31.5 Å². The minimum Gasteiger partial charge on any atom is -0.337 e. The van der Waals surface area contributed by atoms with Crippen LogP contribution in [-0.2, 0) is 16.6 Å². The summed E-state index contributed by atoms with van der Waals surface area (Å²) in [4.78, 5) is 15.5. The Kier molecular flexibility index (Phi) is 6.85. The third-order valence-corrected chi connectivity index (χ3v) is 7.41. The van der Waals surface area contributed by atoms with Crippen molar-refractivity contribution in [1.82, 2.24) is 9.21 Å². The highest BCUT2D eigenvalue weighted by Crippen LogP contribution is 2.24. The van der Waals surface area contributed by atoms with Crippen LogP contribution in [0.3, 0.4) is 0 Å². The molecular formula is C18H23ClN2O3S2. The number of carbonyl (C=O) groups is 1. The van der Waals surface area contributed by atoms with Crippen molar-refractivity contribution in [3.8, 4) is 0 Å². The fourth-order valence-electron chi connectivity index (χ4n) is 2.65. The SMILES string of the molecule is CCN(CC)S(=O)(=O)c1ccc(C)c(C(=O)N(C)Cc2ccc(Cl)s2)c1. The monoisotopic (exact) mass is 414 g/mol. The number of carbonyl (C=O) groups excluding carboxylic acids is 1. The maximum absolute atomic E-state index is 12.9. The predicted octanol–water partition coefficient (Wildman–Crippen LogP) is 4.01. The van der Waals surface area contributed by atoms with Crippen LogP contribution in [0.2, 0.25) is 4.34 Å². The Balaban J connectivity index is 2.32. The van der Waals surface area contributed by atoms with Crippen molar-refractivity contribution >= 4 is 38.9 Å². The van der Waals surface area contributed by atoms with Gasteiger partial charge in [-0.2, -0.15) is 4.31 Å². The van der Waals surface area contributed by atoms with E-state index >= 15 is 0 Å². The molecule has 0 N–H and O–H groups in total. The summed E-state index contributed by atoms with van der Waals surface area (Å²) >= 11 is 7.36. The summed E-state index contributed by atoms with van der Waals surface area (Å²) in [6.07, 6.45) is 0. The molecule has 26 heavy (non-hydrogen) atoms. The molecule has 5 nitrogen and oxygen atoms in total. The minimum atomic E-state index is -3.61. The van der Waals surface area contributed by atoms with Gasteiger partial charge in [-0.05, 0) is 36.8 Å². The van der Waals surface area contributed by atoms with Crippen LogP contribution < -0.4 is 0 Å². The maximum Gasteiger partial charge on any atom is 0.254 e. The summed E-state index contributed by atoms with van der Waals surface area (Å²) in [5.74, 6) is -0.219. The lowest BCUT2D eigenvalue weighted by Gasteiger charge is -2.21. The Morgan fingerprint density at radius 3 is 2.35 bits per heavy atom. The normalized spacial score (nSPS) is 11.8. The Labute approximate surface area is 164 Å². The first-order valence-electron chi connectivity index (χ1n) is 8.31. The topological polar surface area (TPSA) is 57.7 Å². The van der Waals surface area contributed by atoms with Crippen molar-refractivity contribution in [2.75, 3.05) is 20.1 Å². The van der Waals surface area contributed by atoms with E-state index in [1.165, 1.54) is 21.7 Å². The molecule has 0 bridgehead atoms. The van der Waals surface area contributed by atoms with Gasteiger partial charge in [0.05, 0.1) is 15.8 Å². The molecule has 0 atom stereocenters. The summed E-state index contributed by atoms with van der Waals surface area (Å²) in [5.41, 5.74) is 1.13. The molecule has 2 aromatic rings. The second kappa shape index (κ2) is 8.52. The first-order valence-corrected chi connectivity index (χ1v) is 10.9. The minimum absolute atomic E-state index is 0.141. The van der Waals surface area contributed by atoms with Crippen molar-refractivity contribution in [3.05, 3.63) is 50.7 Å². The molecule has 1 aromatic carbocycles. The molecule has 1 heterocycles. The molecule has 0 saturated carbocycles. The molecule has 2 rings (SSSR count). The molecule has 142 valence electrons. The van der Waals surface area contributed by atoms with Crippen molar-refractivity contribution in [1.29, 1.82) is 0 Å². The molecular weight excluding hydrogens is 392 g/mol. The molecule has 0 unspecified atom stereocenters. The van der Waals surface area contributed by atoms with Crippen LogP contribution >= 0.6 is 22.9 Å². The molecule has 0 aliphatic carbocycles. The summed E-state index contributed by atoms with van der Waals surface area (Å²) in [7, 11) is -1.91. The van der Waals surface area contributed by atoms with E-state index in [-0.39, 0.29) is 10.8 Å². The van der Waals surface area contributed by atoms with Crippen LogP contribution in [0.5, 0.6) is 0 Å². The highest BCUT2D eigenvalue weighted by Gasteiger charge is 2.24. The highest BCUT2D eigenvalue weighted by molar-refractivity contribution is 7.89. The lowest BCUT2D eigenvalue weighted by molar-refractivity contribution is 0.0785. The van der Waals surface area contributed by atoms with Gasteiger partial charge in [-0.25, -0.2) is 8.42 Å². The standard InChI is InChI=1S/C18H23ClN2O3S2/c1-5-21(6-2)26(23,24)15-9-7-13(3)16(11-15)18(22)20(4)12-14-8-10-17(19)25-14/h7-11H,5-6,12H2,1-4H3. The number of benzene rings is 1. The summed E-state index contributed by atoms with van der Waals surface area (Å²) in [6.45, 7) is 6.58. The van der Waals surface area contributed by atoms with Crippen molar-refractivity contribution in [2.45, 2.75) is 32.2 Å². The molecule has 0 aliphatic rings. The second-order valence-electron chi connectivity index (χ2n) is 5.93. The molecule has 0 fully saturated rings. The number of nitrogens with zero attached hydrogens (tertiary/aromatic N) is 2. The molecule has 0 saturated heterocycles. The van der Waals surface area contributed by atoms with Gasteiger partial charge in [-0.15, -0.1) is 11.3 Å². The Morgan fingerprint density at radius 1 is 1.15 bits per heavy atom. The summed E-state index contributed by atoms with van der Waals surface area (Å²) in [5, 5.41) is 0. The largest absolute Gasteiger partial charge is 0.337 e. The number of aryl methyl sites for hydroxylation is 1. The second-order valence-corrected chi connectivity index (χ2v) is 9.67. The van der Waals surface area contributed by atoms with E-state index in [0.717, 1.165) is 10.4 Å². The number of amides is 1. The fraction of sp³-hybridized carbons (Fsp3) is 0.389. The zero-order valence-electron chi connectivity index (χ0n) is 15.3. The van der Waals surface area contributed by atoms with E-state index in [4.69, 9.17) is 11.6 Å². The number of thiophene rings is 1. The smallest absolute Gasteiger partial charge is 0.254 e. The number of hydrogen-bond acceptors (Lipinski definition) is 4. The maximum atomic E-state index is 12.9. The van der Waals surface area contributed by atoms with E-state index in [9.17, 15) is 13.2 Å². The van der Waals surface area contributed by atoms with Gasteiger partial charge in [0.15, 0.2) is 0 Å². The van der Waals surface area contributed by atoms with Crippen molar-refractivity contribution in [2.24, 2.45) is 0 Å². The molecule has 8 heteroatoms. The molecule has 0 aliphatic heterocycles. The van der Waals surface area contributed by atoms with Crippen molar-refractivity contribution < 1.29 is 13.2 Å². The number of sulfonamides is 1. The van der Waals surface area contributed by atoms with Gasteiger partial charge in [0.2, 0.25) is 10.0 Å². The third kappa shape index (κ3) is 4.46. The molecule has 1 amide bonds. The molecule has 0 spiro atoms. The van der Waals surface area contributed by atoms with E-state index in [2.05, 4.69) is 0 Å². The lowest BCUT2D eigenvalue weighted by atomic mass is 10.1. The first kappa shape index (κ1) is 20.9. The summed E-state index contributed by atoms with van der Waals surface area (Å²) < 4.78 is 27.5. The van der Waals surface area contributed by atoms with Crippen LogP contribution in [0.15, 0.2) is 35.2 Å². The third-order valence-electron chi connectivity index (χ3n) is 4.15. The average Bonchev–Trinajstić information content (AvgIpc) is 3.00. The predicted molar refractivity (Wildman–Crippen MR) is 106 cm³/mol. The first-order chi connectivity index (χ1) is 12.2. The number of rotatable bonds is 7. The molecule has 0 radical (unpaired) electrons. The molecule has 1 aromatic heterocycles. The van der Waals surface area contributed by atoms with E-state index in [0.29, 0.717) is 29.5 Å². The van der Waals surface area contributed by atoms with Gasteiger partial charge >= 0.3 is 0 Å². The number of hydrogen-bond donors (Lipinski definition) is 0. The summed E-state index contributed by atoms with van der Waals surface area (Å²) in [6, 6.07) is 8.38. The Hall–Kier alpha value is -1.41. The van der Waals surface area contributed by atoms with Gasteiger partial charge in [0, 0.05) is 30.6 Å². The van der Waals surface area contributed by atoms with Crippen LogP contribution in [-0.4, -0.2) is 43.7 Å². The van der Waals surface area contributed by atoms with Crippen molar-refractivity contribution in [3.63, 3.8) is 0 Å². The van der Waals surface area contributed by atoms with Crippen LogP contribution in [0, 0.1) is 6.92 Å². The van der Waals surface area contributed by atoms with Crippen LogP contribution in [0.1, 0.15) is 34.6 Å². The lowest BCUT2D eigenvalue weighted by Crippen LogP contribution is -2.31. The van der Waals surface area contributed by atoms with E-state index in [1.807, 2.05) is 6.07 Å². The Bertz CT molecular complexity index is 890. The Morgan fingerprint density at radius 2 is 1.81 bits per heavy atom. The van der Waals surface area contributed by atoms with Gasteiger partial charge in [-0.3, -0.25) is 4.79 Å².